The minimum Gasteiger partial charge on any atom is -0.370 e. The quantitative estimate of drug-likeness (QED) is 0.657. The Balaban J connectivity index is 1.85. The Morgan fingerprint density at radius 1 is 1.30 bits per heavy atom. The van der Waals surface area contributed by atoms with Crippen LogP contribution in [-0.4, -0.2) is 37.5 Å². The van der Waals surface area contributed by atoms with Gasteiger partial charge in [0.15, 0.2) is 5.96 Å². The van der Waals surface area contributed by atoms with E-state index in [1.807, 2.05) is 6.07 Å². The maximum atomic E-state index is 5.97. The molecule has 1 aliphatic rings. The molecule has 0 saturated carbocycles. The molecule has 0 unspecified atom stereocenters. The summed E-state index contributed by atoms with van der Waals surface area (Å²) < 4.78 is 0. The third kappa shape index (κ3) is 4.23. The summed E-state index contributed by atoms with van der Waals surface area (Å²) in [5, 5.41) is 3.18. The van der Waals surface area contributed by atoms with Crippen LogP contribution in [0, 0.1) is 19.8 Å². The van der Waals surface area contributed by atoms with E-state index < -0.39 is 0 Å². The van der Waals surface area contributed by atoms with Gasteiger partial charge in [-0.1, -0.05) is 6.07 Å². The van der Waals surface area contributed by atoms with E-state index in [1.54, 1.807) is 0 Å². The van der Waals surface area contributed by atoms with Crippen LogP contribution < -0.4 is 11.1 Å². The van der Waals surface area contributed by atoms with Crippen molar-refractivity contribution in [2.45, 2.75) is 26.7 Å². The number of rotatable bonds is 3. The zero-order valence-corrected chi connectivity index (χ0v) is 12.8. The molecule has 110 valence electrons. The van der Waals surface area contributed by atoms with Gasteiger partial charge in [-0.2, -0.15) is 0 Å². The van der Waals surface area contributed by atoms with Crippen molar-refractivity contribution in [2.75, 3.05) is 32.0 Å². The van der Waals surface area contributed by atoms with Crippen LogP contribution in [0.25, 0.3) is 0 Å². The smallest absolute Gasteiger partial charge is 0.193 e. The zero-order valence-electron chi connectivity index (χ0n) is 12.8. The van der Waals surface area contributed by atoms with Gasteiger partial charge in [-0.05, 0) is 76.0 Å². The number of aliphatic imine (C=N–C) groups is 1. The van der Waals surface area contributed by atoms with Crippen LogP contribution in [0.5, 0.6) is 0 Å². The van der Waals surface area contributed by atoms with Crippen molar-refractivity contribution in [3.8, 4) is 0 Å². The second kappa shape index (κ2) is 6.75. The van der Waals surface area contributed by atoms with Crippen LogP contribution in [0.15, 0.2) is 23.2 Å². The van der Waals surface area contributed by atoms with E-state index in [0.29, 0.717) is 11.9 Å². The maximum Gasteiger partial charge on any atom is 0.193 e. The minimum atomic E-state index is 0.521. The van der Waals surface area contributed by atoms with Gasteiger partial charge in [-0.25, -0.2) is 0 Å². The highest BCUT2D eigenvalue weighted by Gasteiger charge is 2.15. The van der Waals surface area contributed by atoms with Gasteiger partial charge in [0, 0.05) is 12.2 Å². The van der Waals surface area contributed by atoms with E-state index in [1.165, 1.54) is 37.1 Å². The third-order valence-corrected chi connectivity index (χ3v) is 4.14. The highest BCUT2D eigenvalue weighted by Crippen LogP contribution is 2.16. The molecule has 4 nitrogen and oxygen atoms in total. The number of piperidine rings is 1. The summed E-state index contributed by atoms with van der Waals surface area (Å²) in [6.07, 6.45) is 2.44. The molecule has 1 saturated heterocycles. The first-order valence-corrected chi connectivity index (χ1v) is 7.37. The van der Waals surface area contributed by atoms with E-state index in [9.17, 15) is 0 Å². The monoisotopic (exact) mass is 274 g/mol. The molecule has 0 spiro atoms. The Kier molecular flexibility index (Phi) is 5.01. The van der Waals surface area contributed by atoms with Crippen molar-refractivity contribution in [1.29, 1.82) is 0 Å². The first-order valence-electron chi connectivity index (χ1n) is 7.37. The van der Waals surface area contributed by atoms with Gasteiger partial charge in [0.1, 0.15) is 0 Å². The molecule has 2 rings (SSSR count). The van der Waals surface area contributed by atoms with Crippen LogP contribution in [0.2, 0.25) is 0 Å². The predicted octanol–water partition coefficient (Wildman–Crippen LogP) is 2.37. The molecule has 4 heteroatoms. The normalized spacial score (nSPS) is 18.2. The summed E-state index contributed by atoms with van der Waals surface area (Å²) >= 11 is 0. The Labute approximate surface area is 122 Å². The van der Waals surface area contributed by atoms with Crippen LogP contribution in [0.3, 0.4) is 0 Å². The van der Waals surface area contributed by atoms with Gasteiger partial charge in [0.25, 0.3) is 0 Å². The lowest BCUT2D eigenvalue weighted by Crippen LogP contribution is -2.32. The summed E-state index contributed by atoms with van der Waals surface area (Å²) in [4.78, 5) is 6.86. The van der Waals surface area contributed by atoms with Gasteiger partial charge in [-0.3, -0.25) is 4.99 Å². The molecule has 0 aromatic heterocycles. The number of nitrogens with one attached hydrogen (secondary N) is 1. The fraction of sp³-hybridized carbons (Fsp3) is 0.562. The third-order valence-electron chi connectivity index (χ3n) is 4.14. The second-order valence-corrected chi connectivity index (χ2v) is 5.90. The number of nitrogens with zero attached hydrogens (tertiary/aromatic N) is 2. The second-order valence-electron chi connectivity index (χ2n) is 5.90. The first-order chi connectivity index (χ1) is 9.54. The Bertz CT molecular complexity index is 473. The van der Waals surface area contributed by atoms with Crippen molar-refractivity contribution < 1.29 is 0 Å². The van der Waals surface area contributed by atoms with Crippen molar-refractivity contribution in [2.24, 2.45) is 16.6 Å². The highest BCUT2D eigenvalue weighted by molar-refractivity contribution is 5.92. The largest absolute Gasteiger partial charge is 0.370 e. The summed E-state index contributed by atoms with van der Waals surface area (Å²) in [6, 6.07) is 6.25. The minimum absolute atomic E-state index is 0.521. The average molecular weight is 274 g/mol. The van der Waals surface area contributed by atoms with E-state index in [4.69, 9.17) is 5.73 Å². The van der Waals surface area contributed by atoms with Gasteiger partial charge < -0.3 is 16.0 Å². The number of guanidine groups is 1. The number of benzene rings is 1. The van der Waals surface area contributed by atoms with E-state index >= 15 is 0 Å². The molecular weight excluding hydrogens is 248 g/mol. The molecule has 1 fully saturated rings. The Morgan fingerprint density at radius 3 is 2.65 bits per heavy atom. The Hall–Kier alpha value is -1.55. The summed E-state index contributed by atoms with van der Waals surface area (Å²) in [5.41, 5.74) is 9.53. The average Bonchev–Trinajstić information content (AvgIpc) is 2.42. The summed E-state index contributed by atoms with van der Waals surface area (Å²) in [7, 11) is 2.18. The summed E-state index contributed by atoms with van der Waals surface area (Å²) in [6.45, 7) is 7.38. The van der Waals surface area contributed by atoms with Gasteiger partial charge in [0.2, 0.25) is 0 Å². The number of hydrogen-bond acceptors (Lipinski definition) is 2. The van der Waals surface area contributed by atoms with Crippen molar-refractivity contribution in [1.82, 2.24) is 4.90 Å². The molecule has 3 N–H and O–H groups in total. The van der Waals surface area contributed by atoms with Crippen LogP contribution in [-0.2, 0) is 0 Å². The molecule has 1 aromatic rings. The maximum absolute atomic E-state index is 5.97. The van der Waals surface area contributed by atoms with Crippen molar-refractivity contribution >= 4 is 11.6 Å². The molecule has 1 heterocycles. The molecule has 1 aromatic carbocycles. The lowest BCUT2D eigenvalue weighted by atomic mass is 9.97. The predicted molar refractivity (Wildman–Crippen MR) is 86.2 cm³/mol. The summed E-state index contributed by atoms with van der Waals surface area (Å²) in [5.74, 6) is 1.19. The zero-order chi connectivity index (χ0) is 14.5. The topological polar surface area (TPSA) is 53.6 Å². The fourth-order valence-corrected chi connectivity index (χ4v) is 2.48. The van der Waals surface area contributed by atoms with Crippen LogP contribution in [0.1, 0.15) is 24.0 Å². The lowest BCUT2D eigenvalue weighted by molar-refractivity contribution is 0.224. The van der Waals surface area contributed by atoms with E-state index in [-0.39, 0.29) is 0 Å². The number of anilines is 1. The molecule has 1 aliphatic heterocycles. The Morgan fingerprint density at radius 2 is 2.00 bits per heavy atom. The van der Waals surface area contributed by atoms with Crippen LogP contribution >= 0.6 is 0 Å². The highest BCUT2D eigenvalue weighted by atomic mass is 15.1. The molecule has 0 amide bonds. The van der Waals surface area contributed by atoms with E-state index in [2.05, 4.69) is 48.2 Å². The SMILES string of the molecule is Cc1ccc(NC(N)=NCC2CCN(C)CC2)cc1C. The first kappa shape index (κ1) is 14.9. The van der Waals surface area contributed by atoms with Gasteiger partial charge >= 0.3 is 0 Å². The van der Waals surface area contributed by atoms with E-state index in [0.717, 1.165) is 12.2 Å². The van der Waals surface area contributed by atoms with Crippen molar-refractivity contribution in [3.05, 3.63) is 29.3 Å². The van der Waals surface area contributed by atoms with Gasteiger partial charge in [0.05, 0.1) is 0 Å². The molecular formula is C16H26N4. The van der Waals surface area contributed by atoms with Gasteiger partial charge in [-0.15, -0.1) is 0 Å². The molecule has 0 bridgehead atoms. The lowest BCUT2D eigenvalue weighted by Gasteiger charge is -2.27. The molecule has 0 radical (unpaired) electrons. The number of nitrogens with two attached hydrogens (primary N) is 1. The number of aryl methyl sites for hydroxylation is 2. The fourth-order valence-electron chi connectivity index (χ4n) is 2.48. The number of likely N-dealkylation sites (tertiary alicyclic amines) is 1. The van der Waals surface area contributed by atoms with Crippen molar-refractivity contribution in [3.63, 3.8) is 0 Å². The van der Waals surface area contributed by atoms with Crippen LogP contribution in [0.4, 0.5) is 5.69 Å². The molecule has 0 aliphatic carbocycles. The molecule has 20 heavy (non-hydrogen) atoms. The standard InChI is InChI=1S/C16H26N4/c1-12-4-5-15(10-13(12)2)19-16(17)18-11-14-6-8-20(3)9-7-14/h4-5,10,14H,6-9,11H2,1-3H3,(H3,17,18,19). The number of hydrogen-bond donors (Lipinski definition) is 2. The molecule has 0 atom stereocenters.